The first-order chi connectivity index (χ1) is 11.8. The maximum atomic E-state index is 13.2. The highest BCUT2D eigenvalue weighted by Gasteiger charge is 2.53. The van der Waals surface area contributed by atoms with Gasteiger partial charge in [-0.05, 0) is 43.4 Å². The number of rotatable bonds is 4. The van der Waals surface area contributed by atoms with Gasteiger partial charge in [-0.3, -0.25) is 4.79 Å². The number of carbonyl (C=O) groups is 1. The van der Waals surface area contributed by atoms with Gasteiger partial charge in [0.25, 0.3) is 0 Å². The van der Waals surface area contributed by atoms with Gasteiger partial charge in [-0.2, -0.15) is 0 Å². The number of piperidine rings is 1. The fraction of sp³-hybridized carbons (Fsp3) is 0.381. The number of amides is 1. The second kappa shape index (κ2) is 6.31. The van der Waals surface area contributed by atoms with Gasteiger partial charge in [0.1, 0.15) is 0 Å². The van der Waals surface area contributed by atoms with E-state index in [1.165, 1.54) is 5.56 Å². The SMILES string of the molecule is O=C(N1CCC[C@@H](Nc2ccccc2)C1)C1(c2ccccc2)CC1. The molecule has 3 nitrogen and oxygen atoms in total. The van der Waals surface area contributed by atoms with Gasteiger partial charge in [-0.15, -0.1) is 0 Å². The molecule has 1 N–H and O–H groups in total. The molecule has 0 spiro atoms. The third-order valence-electron chi connectivity index (χ3n) is 5.34. The maximum absolute atomic E-state index is 13.2. The second-order valence-electron chi connectivity index (χ2n) is 7.05. The summed E-state index contributed by atoms with van der Waals surface area (Å²) in [6, 6.07) is 21.0. The molecule has 1 saturated heterocycles. The molecule has 0 unspecified atom stereocenters. The van der Waals surface area contributed by atoms with E-state index in [9.17, 15) is 4.79 Å². The van der Waals surface area contributed by atoms with E-state index in [1.807, 2.05) is 36.4 Å². The summed E-state index contributed by atoms with van der Waals surface area (Å²) in [5.41, 5.74) is 2.09. The van der Waals surface area contributed by atoms with Gasteiger partial charge >= 0.3 is 0 Å². The third-order valence-corrected chi connectivity index (χ3v) is 5.34. The van der Waals surface area contributed by atoms with Gasteiger partial charge in [0.05, 0.1) is 5.41 Å². The lowest BCUT2D eigenvalue weighted by molar-refractivity contribution is -0.135. The van der Waals surface area contributed by atoms with Gasteiger partial charge in [-0.1, -0.05) is 48.5 Å². The van der Waals surface area contributed by atoms with Crippen molar-refractivity contribution < 1.29 is 4.79 Å². The van der Waals surface area contributed by atoms with Crippen LogP contribution in [0.3, 0.4) is 0 Å². The average molecular weight is 320 g/mol. The predicted molar refractivity (Wildman–Crippen MR) is 97.0 cm³/mol. The van der Waals surface area contributed by atoms with Crippen LogP contribution in [0.2, 0.25) is 0 Å². The van der Waals surface area contributed by atoms with Crippen LogP contribution in [0.15, 0.2) is 60.7 Å². The molecule has 2 fully saturated rings. The molecule has 4 rings (SSSR count). The van der Waals surface area contributed by atoms with Gasteiger partial charge in [0.15, 0.2) is 0 Å². The highest BCUT2D eigenvalue weighted by molar-refractivity contribution is 5.91. The Morgan fingerprint density at radius 1 is 1.00 bits per heavy atom. The Morgan fingerprint density at radius 2 is 1.67 bits per heavy atom. The van der Waals surface area contributed by atoms with Gasteiger partial charge in [0, 0.05) is 24.8 Å². The molecule has 1 saturated carbocycles. The predicted octanol–water partition coefficient (Wildman–Crippen LogP) is 3.82. The van der Waals surface area contributed by atoms with Crippen molar-refractivity contribution in [3.8, 4) is 0 Å². The number of benzene rings is 2. The number of likely N-dealkylation sites (tertiary alicyclic amines) is 1. The number of nitrogens with one attached hydrogen (secondary N) is 1. The first kappa shape index (κ1) is 15.3. The number of nitrogens with zero attached hydrogens (tertiary/aromatic N) is 1. The van der Waals surface area contributed by atoms with Crippen molar-refractivity contribution in [2.45, 2.75) is 37.1 Å². The minimum absolute atomic E-state index is 0.240. The molecule has 1 heterocycles. The third kappa shape index (κ3) is 2.91. The lowest BCUT2D eigenvalue weighted by atomic mass is 9.93. The van der Waals surface area contributed by atoms with Crippen molar-refractivity contribution in [3.63, 3.8) is 0 Å². The minimum atomic E-state index is -0.240. The highest BCUT2D eigenvalue weighted by Crippen LogP contribution is 2.49. The van der Waals surface area contributed by atoms with E-state index in [4.69, 9.17) is 0 Å². The molecule has 124 valence electrons. The Kier molecular flexibility index (Phi) is 4.01. The Bertz CT molecular complexity index is 694. The van der Waals surface area contributed by atoms with E-state index in [0.717, 1.165) is 44.5 Å². The summed E-state index contributed by atoms with van der Waals surface area (Å²) < 4.78 is 0. The molecule has 3 heteroatoms. The molecule has 1 aliphatic carbocycles. The van der Waals surface area contributed by atoms with Crippen LogP contribution in [0.25, 0.3) is 0 Å². The molecule has 2 aromatic rings. The number of para-hydroxylation sites is 1. The van der Waals surface area contributed by atoms with Gasteiger partial charge < -0.3 is 10.2 Å². The van der Waals surface area contributed by atoms with Crippen molar-refractivity contribution >= 4 is 11.6 Å². The average Bonchev–Trinajstić information content (AvgIpc) is 3.45. The standard InChI is InChI=1S/C21H24N2O/c24-20(21(13-14-21)17-8-3-1-4-9-17)23-15-7-12-19(16-23)22-18-10-5-2-6-11-18/h1-6,8-11,19,22H,7,12-16H2/t19-/m1/s1. The zero-order valence-electron chi connectivity index (χ0n) is 13.9. The van der Waals surface area contributed by atoms with Crippen LogP contribution >= 0.6 is 0 Å². The Balaban J connectivity index is 1.45. The van der Waals surface area contributed by atoms with Gasteiger partial charge in [-0.25, -0.2) is 0 Å². The number of hydrogen-bond acceptors (Lipinski definition) is 2. The topological polar surface area (TPSA) is 32.3 Å². The molecule has 2 aromatic carbocycles. The van der Waals surface area contributed by atoms with Crippen molar-refractivity contribution in [1.29, 1.82) is 0 Å². The van der Waals surface area contributed by atoms with Gasteiger partial charge in [0.2, 0.25) is 5.91 Å². The molecule has 24 heavy (non-hydrogen) atoms. The molecule has 1 amide bonds. The summed E-state index contributed by atoms with van der Waals surface area (Å²) in [7, 11) is 0. The minimum Gasteiger partial charge on any atom is -0.381 e. The molecular formula is C21H24N2O. The van der Waals surface area contributed by atoms with E-state index in [1.54, 1.807) is 0 Å². The Labute approximate surface area is 143 Å². The van der Waals surface area contributed by atoms with Crippen molar-refractivity contribution in [3.05, 3.63) is 66.2 Å². The number of carbonyl (C=O) groups excluding carboxylic acids is 1. The first-order valence-corrected chi connectivity index (χ1v) is 8.94. The zero-order valence-corrected chi connectivity index (χ0v) is 13.9. The summed E-state index contributed by atoms with van der Waals surface area (Å²) in [5.74, 6) is 0.327. The normalized spacial score (nSPS) is 22.0. The molecule has 0 aromatic heterocycles. The van der Waals surface area contributed by atoms with E-state index in [-0.39, 0.29) is 5.41 Å². The van der Waals surface area contributed by atoms with E-state index in [2.05, 4.69) is 34.5 Å². The molecule has 2 aliphatic rings. The van der Waals surface area contributed by atoms with Crippen molar-refractivity contribution in [2.24, 2.45) is 0 Å². The molecular weight excluding hydrogens is 296 g/mol. The largest absolute Gasteiger partial charge is 0.381 e. The van der Waals surface area contributed by atoms with E-state index >= 15 is 0 Å². The monoisotopic (exact) mass is 320 g/mol. The molecule has 0 bridgehead atoms. The fourth-order valence-electron chi connectivity index (χ4n) is 3.86. The first-order valence-electron chi connectivity index (χ1n) is 8.94. The lowest BCUT2D eigenvalue weighted by Crippen LogP contribution is -2.48. The van der Waals surface area contributed by atoms with Crippen LogP contribution in [-0.4, -0.2) is 29.9 Å². The quantitative estimate of drug-likeness (QED) is 0.929. The summed E-state index contributed by atoms with van der Waals surface area (Å²) in [4.78, 5) is 15.3. The summed E-state index contributed by atoms with van der Waals surface area (Å²) >= 11 is 0. The molecule has 1 atom stereocenters. The van der Waals surface area contributed by atoms with E-state index in [0.29, 0.717) is 11.9 Å². The van der Waals surface area contributed by atoms with Crippen LogP contribution in [0.1, 0.15) is 31.2 Å². The van der Waals surface area contributed by atoms with Crippen LogP contribution in [0.4, 0.5) is 5.69 Å². The fourth-order valence-corrected chi connectivity index (χ4v) is 3.86. The maximum Gasteiger partial charge on any atom is 0.233 e. The molecule has 1 aliphatic heterocycles. The number of hydrogen-bond donors (Lipinski definition) is 1. The zero-order chi connectivity index (χ0) is 16.4. The van der Waals surface area contributed by atoms with E-state index < -0.39 is 0 Å². The van der Waals surface area contributed by atoms with Crippen LogP contribution in [-0.2, 0) is 10.2 Å². The lowest BCUT2D eigenvalue weighted by Gasteiger charge is -2.36. The van der Waals surface area contributed by atoms with Crippen molar-refractivity contribution in [1.82, 2.24) is 4.90 Å². The molecule has 0 radical (unpaired) electrons. The van der Waals surface area contributed by atoms with Crippen molar-refractivity contribution in [2.75, 3.05) is 18.4 Å². The summed E-state index contributed by atoms with van der Waals surface area (Å²) in [6.45, 7) is 1.70. The smallest absolute Gasteiger partial charge is 0.233 e. The summed E-state index contributed by atoms with van der Waals surface area (Å²) in [5, 5.41) is 3.58. The van der Waals surface area contributed by atoms with Crippen LogP contribution < -0.4 is 5.32 Å². The highest BCUT2D eigenvalue weighted by atomic mass is 16.2. The Hall–Kier alpha value is -2.29. The summed E-state index contributed by atoms with van der Waals surface area (Å²) in [6.07, 6.45) is 4.17. The van der Waals surface area contributed by atoms with Crippen LogP contribution in [0, 0.1) is 0 Å². The second-order valence-corrected chi connectivity index (χ2v) is 7.05. The van der Waals surface area contributed by atoms with Crippen LogP contribution in [0.5, 0.6) is 0 Å². The number of anilines is 1. The Morgan fingerprint density at radius 3 is 2.33 bits per heavy atom.